The van der Waals surface area contributed by atoms with E-state index in [9.17, 15) is 22.0 Å². The molecule has 3 aromatic rings. The topological polar surface area (TPSA) is 95.5 Å². The molecular weight excluding hydrogens is 460 g/mol. The zero-order chi connectivity index (χ0) is 22.7. The van der Waals surface area contributed by atoms with Gasteiger partial charge in [0, 0.05) is 31.7 Å². The number of hydrogen-bond donors (Lipinski definition) is 1. The summed E-state index contributed by atoms with van der Waals surface area (Å²) in [6.45, 7) is 0.972. The summed E-state index contributed by atoms with van der Waals surface area (Å²) in [5.74, 6) is -2.60. The molecular formula is C20H19F2N5O3S2. The summed E-state index contributed by atoms with van der Waals surface area (Å²) in [6.07, 6.45) is 0. The van der Waals surface area contributed by atoms with Gasteiger partial charge in [0.1, 0.15) is 5.01 Å². The molecule has 2 aromatic carbocycles. The van der Waals surface area contributed by atoms with Crippen LogP contribution in [0.2, 0.25) is 0 Å². The van der Waals surface area contributed by atoms with Gasteiger partial charge >= 0.3 is 0 Å². The molecule has 0 unspecified atom stereocenters. The second-order valence-electron chi connectivity index (χ2n) is 7.08. The van der Waals surface area contributed by atoms with Crippen molar-refractivity contribution in [2.45, 2.75) is 4.90 Å². The monoisotopic (exact) mass is 479 g/mol. The fourth-order valence-corrected chi connectivity index (χ4v) is 5.45. The first-order valence-corrected chi connectivity index (χ1v) is 11.9. The normalized spacial score (nSPS) is 15.6. The highest BCUT2D eigenvalue weighted by Crippen LogP contribution is 2.26. The van der Waals surface area contributed by atoms with Crippen molar-refractivity contribution in [3.63, 3.8) is 0 Å². The molecule has 0 spiro atoms. The van der Waals surface area contributed by atoms with E-state index in [4.69, 9.17) is 0 Å². The van der Waals surface area contributed by atoms with E-state index in [0.717, 1.165) is 17.7 Å². The van der Waals surface area contributed by atoms with Crippen molar-refractivity contribution in [3.8, 4) is 10.6 Å². The number of anilines is 1. The van der Waals surface area contributed by atoms with Crippen LogP contribution in [0.25, 0.3) is 10.6 Å². The molecule has 0 aliphatic carbocycles. The Kier molecular flexibility index (Phi) is 6.55. The van der Waals surface area contributed by atoms with Gasteiger partial charge < -0.3 is 0 Å². The number of hydrogen-bond acceptors (Lipinski definition) is 7. The van der Waals surface area contributed by atoms with Crippen LogP contribution >= 0.6 is 11.3 Å². The fraction of sp³-hybridized carbons (Fsp3) is 0.250. The summed E-state index contributed by atoms with van der Waals surface area (Å²) >= 11 is 1.26. The number of aromatic nitrogens is 2. The van der Waals surface area contributed by atoms with Crippen LogP contribution in [-0.2, 0) is 14.8 Å². The summed E-state index contributed by atoms with van der Waals surface area (Å²) in [6, 6.07) is 12.0. The summed E-state index contributed by atoms with van der Waals surface area (Å²) in [7, 11) is -3.94. The minimum absolute atomic E-state index is 0.0688. The van der Waals surface area contributed by atoms with Crippen LogP contribution in [0.3, 0.4) is 0 Å². The van der Waals surface area contributed by atoms with Gasteiger partial charge in [-0.1, -0.05) is 41.7 Å². The summed E-state index contributed by atoms with van der Waals surface area (Å²) in [5, 5.41) is 11.9. The highest BCUT2D eigenvalue weighted by molar-refractivity contribution is 7.89. The minimum Gasteiger partial charge on any atom is -0.299 e. The number of halogens is 2. The number of sulfonamides is 1. The van der Waals surface area contributed by atoms with Crippen LogP contribution in [0.4, 0.5) is 13.9 Å². The number of piperazine rings is 1. The van der Waals surface area contributed by atoms with Crippen molar-refractivity contribution < 1.29 is 22.0 Å². The van der Waals surface area contributed by atoms with Crippen LogP contribution in [0.5, 0.6) is 0 Å². The quantitative estimate of drug-likeness (QED) is 0.584. The number of nitrogens with zero attached hydrogens (tertiary/aromatic N) is 4. The van der Waals surface area contributed by atoms with Crippen molar-refractivity contribution in [1.29, 1.82) is 0 Å². The Bertz CT molecular complexity index is 1210. The Balaban J connectivity index is 1.30. The average Bonchev–Trinajstić information content (AvgIpc) is 3.25. The Labute approximate surface area is 187 Å². The maximum Gasteiger partial charge on any atom is 0.243 e. The number of carbonyl (C=O) groups is 1. The van der Waals surface area contributed by atoms with Crippen molar-refractivity contribution in [1.82, 2.24) is 19.4 Å². The first kappa shape index (κ1) is 22.4. The predicted molar refractivity (Wildman–Crippen MR) is 116 cm³/mol. The van der Waals surface area contributed by atoms with E-state index in [1.165, 1.54) is 15.6 Å². The molecule has 0 saturated carbocycles. The number of amides is 1. The van der Waals surface area contributed by atoms with Crippen LogP contribution in [0.1, 0.15) is 0 Å². The smallest absolute Gasteiger partial charge is 0.243 e. The fourth-order valence-electron chi connectivity index (χ4n) is 3.25. The zero-order valence-electron chi connectivity index (χ0n) is 16.7. The molecule has 0 atom stereocenters. The van der Waals surface area contributed by atoms with E-state index in [0.29, 0.717) is 29.3 Å². The van der Waals surface area contributed by atoms with Crippen LogP contribution < -0.4 is 5.32 Å². The number of nitrogens with one attached hydrogen (secondary N) is 1. The van der Waals surface area contributed by atoms with E-state index in [-0.39, 0.29) is 30.4 Å². The van der Waals surface area contributed by atoms with Gasteiger partial charge in [0.25, 0.3) is 0 Å². The lowest BCUT2D eigenvalue weighted by molar-refractivity contribution is -0.117. The van der Waals surface area contributed by atoms with Gasteiger partial charge in [-0.05, 0) is 18.2 Å². The first-order valence-electron chi connectivity index (χ1n) is 9.69. The van der Waals surface area contributed by atoms with Crippen LogP contribution in [-0.4, -0.2) is 66.5 Å². The Morgan fingerprint density at radius 1 is 1.00 bits per heavy atom. The van der Waals surface area contributed by atoms with Gasteiger partial charge in [-0.15, -0.1) is 10.2 Å². The van der Waals surface area contributed by atoms with Gasteiger partial charge in [-0.25, -0.2) is 17.2 Å². The molecule has 1 aliphatic rings. The largest absolute Gasteiger partial charge is 0.299 e. The molecule has 1 N–H and O–H groups in total. The Morgan fingerprint density at radius 2 is 1.72 bits per heavy atom. The SMILES string of the molecule is O=C(CN1CCN(S(=O)(=O)c2ccc(F)c(F)c2)CC1)Nc1nnc(-c2ccccc2)s1. The molecule has 168 valence electrons. The van der Waals surface area contributed by atoms with Crippen LogP contribution in [0, 0.1) is 11.6 Å². The van der Waals surface area contributed by atoms with Crippen molar-refractivity contribution in [3.05, 3.63) is 60.2 Å². The molecule has 4 rings (SSSR count). The summed E-state index contributed by atoms with van der Waals surface area (Å²) in [5.41, 5.74) is 0.906. The van der Waals surface area contributed by atoms with Crippen molar-refractivity contribution in [2.24, 2.45) is 0 Å². The average molecular weight is 480 g/mol. The van der Waals surface area contributed by atoms with Crippen molar-refractivity contribution >= 4 is 32.4 Å². The Hall–Kier alpha value is -2.80. The number of carbonyl (C=O) groups excluding carboxylic acids is 1. The number of rotatable bonds is 6. The zero-order valence-corrected chi connectivity index (χ0v) is 18.4. The molecule has 8 nitrogen and oxygen atoms in total. The minimum atomic E-state index is -3.94. The highest BCUT2D eigenvalue weighted by Gasteiger charge is 2.29. The molecule has 1 amide bonds. The maximum atomic E-state index is 13.4. The predicted octanol–water partition coefficient (Wildman–Crippen LogP) is 2.43. The molecule has 1 saturated heterocycles. The van der Waals surface area contributed by atoms with Gasteiger partial charge in [0.2, 0.25) is 21.1 Å². The summed E-state index contributed by atoms with van der Waals surface area (Å²) in [4.78, 5) is 13.9. The molecule has 0 bridgehead atoms. The second kappa shape index (κ2) is 9.36. The lowest BCUT2D eigenvalue weighted by Gasteiger charge is -2.33. The van der Waals surface area contributed by atoms with Gasteiger partial charge in [0.05, 0.1) is 11.4 Å². The van der Waals surface area contributed by atoms with Gasteiger partial charge in [-0.2, -0.15) is 4.31 Å². The lowest BCUT2D eigenvalue weighted by atomic mass is 10.2. The molecule has 0 radical (unpaired) electrons. The third-order valence-corrected chi connectivity index (χ3v) is 7.70. The molecule has 12 heteroatoms. The molecule has 1 aromatic heterocycles. The third-order valence-electron chi connectivity index (χ3n) is 4.92. The molecule has 1 aliphatic heterocycles. The van der Waals surface area contributed by atoms with Crippen LogP contribution in [0.15, 0.2) is 53.4 Å². The van der Waals surface area contributed by atoms with E-state index in [1.807, 2.05) is 35.2 Å². The molecule has 1 fully saturated rings. The standard InChI is InChI=1S/C20H19F2N5O3S2/c21-16-7-6-15(12-17(16)22)32(29,30)27-10-8-26(9-11-27)13-18(28)23-20-25-24-19(31-20)14-4-2-1-3-5-14/h1-7,12H,8-11,13H2,(H,23,25,28). The van der Waals surface area contributed by atoms with E-state index < -0.39 is 21.7 Å². The van der Waals surface area contributed by atoms with Gasteiger partial charge in [0.15, 0.2) is 11.6 Å². The second-order valence-corrected chi connectivity index (χ2v) is 10.00. The highest BCUT2D eigenvalue weighted by atomic mass is 32.2. The Morgan fingerprint density at radius 3 is 2.41 bits per heavy atom. The van der Waals surface area contributed by atoms with Crippen molar-refractivity contribution in [2.75, 3.05) is 38.0 Å². The number of benzene rings is 2. The van der Waals surface area contributed by atoms with E-state index >= 15 is 0 Å². The first-order chi connectivity index (χ1) is 15.3. The molecule has 2 heterocycles. The molecule has 32 heavy (non-hydrogen) atoms. The van der Waals surface area contributed by atoms with Gasteiger partial charge in [-0.3, -0.25) is 15.0 Å². The van der Waals surface area contributed by atoms with E-state index in [1.54, 1.807) is 0 Å². The third kappa shape index (κ3) is 4.99. The van der Waals surface area contributed by atoms with E-state index in [2.05, 4.69) is 15.5 Å². The summed E-state index contributed by atoms with van der Waals surface area (Å²) < 4.78 is 53.1. The maximum absolute atomic E-state index is 13.4. The lowest BCUT2D eigenvalue weighted by Crippen LogP contribution is -2.50.